The van der Waals surface area contributed by atoms with Gasteiger partial charge < -0.3 is 10.0 Å². The van der Waals surface area contributed by atoms with E-state index >= 15 is 0 Å². The second-order valence-corrected chi connectivity index (χ2v) is 4.71. The zero-order valence-corrected chi connectivity index (χ0v) is 10.4. The maximum Gasteiger partial charge on any atom is 0.330 e. The van der Waals surface area contributed by atoms with Crippen molar-refractivity contribution in [3.8, 4) is 0 Å². The molecule has 0 aromatic carbocycles. The van der Waals surface area contributed by atoms with Crippen molar-refractivity contribution in [2.75, 3.05) is 33.7 Å². The van der Waals surface area contributed by atoms with Crippen LogP contribution in [-0.2, 0) is 4.79 Å². The van der Waals surface area contributed by atoms with Gasteiger partial charge >= 0.3 is 5.97 Å². The molecule has 1 fully saturated rings. The Hall–Kier alpha value is -0.870. The standard InChI is InChI=1S/C12H22N2O2/c1-10(12(15)16)6-8-14-7-4-5-11(9-14)13(2)3/h6,11H,4-5,7-9H2,1-3H3,(H,15,16). The Labute approximate surface area is 97.5 Å². The first kappa shape index (κ1) is 13.2. The molecule has 0 saturated carbocycles. The van der Waals surface area contributed by atoms with Crippen LogP contribution in [0.4, 0.5) is 0 Å². The van der Waals surface area contributed by atoms with Gasteiger partial charge in [-0.15, -0.1) is 0 Å². The van der Waals surface area contributed by atoms with E-state index in [1.807, 2.05) is 0 Å². The van der Waals surface area contributed by atoms with E-state index in [9.17, 15) is 4.79 Å². The van der Waals surface area contributed by atoms with Crippen molar-refractivity contribution < 1.29 is 9.90 Å². The van der Waals surface area contributed by atoms with E-state index < -0.39 is 5.97 Å². The third-order valence-corrected chi connectivity index (χ3v) is 3.20. The number of likely N-dealkylation sites (N-methyl/N-ethyl adjacent to an activating group) is 1. The molecule has 1 aliphatic rings. The van der Waals surface area contributed by atoms with Gasteiger partial charge in [0.2, 0.25) is 0 Å². The lowest BCUT2D eigenvalue weighted by Crippen LogP contribution is -2.45. The summed E-state index contributed by atoms with van der Waals surface area (Å²) in [6.07, 6.45) is 4.24. The predicted octanol–water partition coefficient (Wildman–Crippen LogP) is 1.04. The molecule has 1 heterocycles. The molecule has 1 N–H and O–H groups in total. The van der Waals surface area contributed by atoms with E-state index in [1.54, 1.807) is 13.0 Å². The summed E-state index contributed by atoms with van der Waals surface area (Å²) in [6.45, 7) is 4.52. The Kier molecular flexibility index (Phi) is 4.96. The predicted molar refractivity (Wildman–Crippen MR) is 64.5 cm³/mol. The topological polar surface area (TPSA) is 43.8 Å². The molecule has 92 valence electrons. The summed E-state index contributed by atoms with van der Waals surface area (Å²) in [5, 5.41) is 8.76. The highest BCUT2D eigenvalue weighted by atomic mass is 16.4. The average molecular weight is 226 g/mol. The molecule has 0 aromatic rings. The number of likely N-dealkylation sites (tertiary alicyclic amines) is 1. The summed E-state index contributed by atoms with van der Waals surface area (Å²) in [5.74, 6) is -0.818. The summed E-state index contributed by atoms with van der Waals surface area (Å²) >= 11 is 0. The number of nitrogens with zero attached hydrogens (tertiary/aromatic N) is 2. The first-order chi connectivity index (χ1) is 7.50. The highest BCUT2D eigenvalue weighted by Gasteiger charge is 2.20. The van der Waals surface area contributed by atoms with Crippen molar-refractivity contribution in [2.24, 2.45) is 0 Å². The minimum atomic E-state index is -0.818. The van der Waals surface area contributed by atoms with Crippen LogP contribution in [0, 0.1) is 0 Å². The van der Waals surface area contributed by atoms with Crippen LogP contribution in [0.5, 0.6) is 0 Å². The number of piperidine rings is 1. The van der Waals surface area contributed by atoms with E-state index in [-0.39, 0.29) is 0 Å². The van der Waals surface area contributed by atoms with Crippen molar-refractivity contribution in [3.05, 3.63) is 11.6 Å². The number of hydrogen-bond donors (Lipinski definition) is 1. The number of aliphatic carboxylic acids is 1. The molecule has 0 aromatic heterocycles. The largest absolute Gasteiger partial charge is 0.478 e. The van der Waals surface area contributed by atoms with Gasteiger partial charge in [-0.2, -0.15) is 0 Å². The van der Waals surface area contributed by atoms with Crippen LogP contribution >= 0.6 is 0 Å². The van der Waals surface area contributed by atoms with Crippen molar-refractivity contribution >= 4 is 5.97 Å². The van der Waals surface area contributed by atoms with Gasteiger partial charge in [0.1, 0.15) is 0 Å². The number of carboxylic acid groups (broad SMARTS) is 1. The molecule has 4 heteroatoms. The molecule has 16 heavy (non-hydrogen) atoms. The molecular formula is C12H22N2O2. The summed E-state index contributed by atoms with van der Waals surface area (Å²) in [6, 6.07) is 0.604. The Morgan fingerprint density at radius 1 is 1.56 bits per heavy atom. The van der Waals surface area contributed by atoms with Crippen LogP contribution in [0.1, 0.15) is 19.8 Å². The van der Waals surface area contributed by atoms with Gasteiger partial charge in [0.05, 0.1) is 0 Å². The monoisotopic (exact) mass is 226 g/mol. The molecule has 1 saturated heterocycles. The maximum atomic E-state index is 10.6. The summed E-state index contributed by atoms with van der Waals surface area (Å²) in [7, 11) is 4.21. The van der Waals surface area contributed by atoms with Gasteiger partial charge in [0.25, 0.3) is 0 Å². The van der Waals surface area contributed by atoms with Crippen LogP contribution in [0.15, 0.2) is 11.6 Å². The summed E-state index contributed by atoms with van der Waals surface area (Å²) in [5.41, 5.74) is 0.437. The molecule has 0 aliphatic carbocycles. The van der Waals surface area contributed by atoms with E-state index in [4.69, 9.17) is 5.11 Å². The first-order valence-corrected chi connectivity index (χ1v) is 5.79. The fourth-order valence-corrected chi connectivity index (χ4v) is 1.97. The first-order valence-electron chi connectivity index (χ1n) is 5.79. The fourth-order valence-electron chi connectivity index (χ4n) is 1.97. The molecule has 1 rings (SSSR count). The smallest absolute Gasteiger partial charge is 0.330 e. The average Bonchev–Trinajstić information content (AvgIpc) is 2.26. The highest BCUT2D eigenvalue weighted by Crippen LogP contribution is 2.13. The molecule has 0 spiro atoms. The highest BCUT2D eigenvalue weighted by molar-refractivity contribution is 5.85. The molecule has 0 radical (unpaired) electrons. The van der Waals surface area contributed by atoms with Crippen molar-refractivity contribution in [2.45, 2.75) is 25.8 Å². The lowest BCUT2D eigenvalue weighted by molar-refractivity contribution is -0.132. The Bertz CT molecular complexity index is 274. The second kappa shape index (κ2) is 6.01. The third kappa shape index (κ3) is 3.94. The van der Waals surface area contributed by atoms with Crippen LogP contribution in [0.2, 0.25) is 0 Å². The minimum absolute atomic E-state index is 0.437. The Morgan fingerprint density at radius 2 is 2.25 bits per heavy atom. The lowest BCUT2D eigenvalue weighted by atomic mass is 10.0. The summed E-state index contributed by atoms with van der Waals surface area (Å²) < 4.78 is 0. The molecule has 1 atom stereocenters. The van der Waals surface area contributed by atoms with Crippen LogP contribution < -0.4 is 0 Å². The maximum absolute atomic E-state index is 10.6. The van der Waals surface area contributed by atoms with Crippen molar-refractivity contribution in [3.63, 3.8) is 0 Å². The number of hydrogen-bond acceptors (Lipinski definition) is 3. The normalized spacial score (nSPS) is 23.8. The third-order valence-electron chi connectivity index (χ3n) is 3.20. The van der Waals surface area contributed by atoms with Crippen LogP contribution in [0.3, 0.4) is 0 Å². The summed E-state index contributed by atoms with van der Waals surface area (Å²) in [4.78, 5) is 15.2. The van der Waals surface area contributed by atoms with E-state index in [0.29, 0.717) is 11.6 Å². The number of rotatable bonds is 4. The Balaban J connectivity index is 2.43. The van der Waals surface area contributed by atoms with Gasteiger partial charge in [-0.05, 0) is 40.4 Å². The zero-order chi connectivity index (χ0) is 12.1. The molecular weight excluding hydrogens is 204 g/mol. The van der Waals surface area contributed by atoms with Gasteiger partial charge in [-0.3, -0.25) is 4.90 Å². The second-order valence-electron chi connectivity index (χ2n) is 4.71. The SMILES string of the molecule is CC(=CCN1CCCC(N(C)C)C1)C(=O)O. The van der Waals surface area contributed by atoms with Gasteiger partial charge in [0, 0.05) is 24.7 Å². The quantitative estimate of drug-likeness (QED) is 0.728. The van der Waals surface area contributed by atoms with E-state index in [0.717, 1.165) is 19.6 Å². The minimum Gasteiger partial charge on any atom is -0.478 e. The Morgan fingerprint density at radius 3 is 2.81 bits per heavy atom. The molecule has 0 bridgehead atoms. The van der Waals surface area contributed by atoms with Crippen molar-refractivity contribution in [1.29, 1.82) is 0 Å². The number of carboxylic acids is 1. The molecule has 4 nitrogen and oxygen atoms in total. The number of carbonyl (C=O) groups is 1. The van der Waals surface area contributed by atoms with Crippen LogP contribution in [0.25, 0.3) is 0 Å². The lowest BCUT2D eigenvalue weighted by Gasteiger charge is -2.35. The fraction of sp³-hybridized carbons (Fsp3) is 0.750. The molecule has 0 amide bonds. The van der Waals surface area contributed by atoms with Gasteiger partial charge in [-0.25, -0.2) is 4.79 Å². The van der Waals surface area contributed by atoms with Crippen LogP contribution in [-0.4, -0.2) is 60.6 Å². The van der Waals surface area contributed by atoms with Gasteiger partial charge in [0.15, 0.2) is 0 Å². The van der Waals surface area contributed by atoms with E-state index in [1.165, 1.54) is 12.8 Å². The van der Waals surface area contributed by atoms with E-state index in [2.05, 4.69) is 23.9 Å². The zero-order valence-electron chi connectivity index (χ0n) is 10.4. The van der Waals surface area contributed by atoms with Gasteiger partial charge in [-0.1, -0.05) is 6.08 Å². The van der Waals surface area contributed by atoms with Crippen molar-refractivity contribution in [1.82, 2.24) is 9.80 Å². The molecule has 1 aliphatic heterocycles. The molecule has 1 unspecified atom stereocenters.